The summed E-state index contributed by atoms with van der Waals surface area (Å²) in [7, 11) is 0. The van der Waals surface area contributed by atoms with Gasteiger partial charge >= 0.3 is 0 Å². The highest BCUT2D eigenvalue weighted by Crippen LogP contribution is 2.59. The van der Waals surface area contributed by atoms with E-state index in [0.29, 0.717) is 5.92 Å². The van der Waals surface area contributed by atoms with Crippen LogP contribution in [0.15, 0.2) is 11.6 Å². The van der Waals surface area contributed by atoms with E-state index in [0.717, 1.165) is 45.8 Å². The molecule has 1 saturated heterocycles. The third-order valence-electron chi connectivity index (χ3n) is 4.76. The first kappa shape index (κ1) is 16.5. The summed E-state index contributed by atoms with van der Waals surface area (Å²) in [6.07, 6.45) is 3.27. The van der Waals surface area contributed by atoms with Gasteiger partial charge in [-0.05, 0) is 38.1 Å². The maximum absolute atomic E-state index is 12.3. The van der Waals surface area contributed by atoms with E-state index in [9.17, 15) is 4.79 Å². The lowest BCUT2D eigenvalue weighted by molar-refractivity contribution is -0.123. The lowest BCUT2D eigenvalue weighted by Crippen LogP contribution is -2.38. The van der Waals surface area contributed by atoms with Crippen LogP contribution < -0.4 is 5.32 Å². The number of hydrogen-bond donors (Lipinski definition) is 1. The second-order valence-electron chi connectivity index (χ2n) is 7.17. The van der Waals surface area contributed by atoms with Gasteiger partial charge in [0.05, 0.1) is 19.1 Å². The highest BCUT2D eigenvalue weighted by Gasteiger charge is 2.60. The molecule has 2 rings (SSSR count). The number of hydrogen-bond acceptors (Lipinski definition) is 3. The van der Waals surface area contributed by atoms with Crippen molar-refractivity contribution in [3.8, 4) is 0 Å². The van der Waals surface area contributed by atoms with Crippen molar-refractivity contribution >= 4 is 5.91 Å². The number of allylic oxidation sites excluding steroid dienone is 2. The van der Waals surface area contributed by atoms with Crippen molar-refractivity contribution in [2.24, 2.45) is 17.3 Å². The zero-order chi connectivity index (χ0) is 15.5. The van der Waals surface area contributed by atoms with Crippen LogP contribution in [0.1, 0.15) is 34.1 Å². The van der Waals surface area contributed by atoms with E-state index in [-0.39, 0.29) is 17.2 Å². The number of carbonyl (C=O) groups excluding carboxylic acids is 1. The van der Waals surface area contributed by atoms with Crippen LogP contribution in [0, 0.1) is 17.3 Å². The molecule has 0 spiro atoms. The molecule has 2 atom stereocenters. The van der Waals surface area contributed by atoms with Gasteiger partial charge in [-0.25, -0.2) is 0 Å². The van der Waals surface area contributed by atoms with Gasteiger partial charge in [-0.3, -0.25) is 9.69 Å². The van der Waals surface area contributed by atoms with Crippen molar-refractivity contribution in [3.05, 3.63) is 11.6 Å². The molecule has 0 aromatic heterocycles. The van der Waals surface area contributed by atoms with Crippen LogP contribution in [0.25, 0.3) is 0 Å². The number of nitrogens with zero attached hydrogens (tertiary/aromatic N) is 1. The minimum atomic E-state index is 0.117. The van der Waals surface area contributed by atoms with Gasteiger partial charge < -0.3 is 10.1 Å². The second kappa shape index (κ2) is 6.93. The highest BCUT2D eigenvalue weighted by molar-refractivity contribution is 5.83. The van der Waals surface area contributed by atoms with E-state index in [1.54, 1.807) is 0 Å². The summed E-state index contributed by atoms with van der Waals surface area (Å²) in [5.41, 5.74) is 1.42. The van der Waals surface area contributed by atoms with Gasteiger partial charge in [0, 0.05) is 19.6 Å². The molecule has 120 valence electrons. The summed E-state index contributed by atoms with van der Waals surface area (Å²) in [5.74, 6) is 0.780. The summed E-state index contributed by atoms with van der Waals surface area (Å²) in [4.78, 5) is 14.7. The molecule has 0 aromatic carbocycles. The van der Waals surface area contributed by atoms with Crippen LogP contribution in [0.4, 0.5) is 0 Å². The number of morpholine rings is 1. The van der Waals surface area contributed by atoms with Crippen molar-refractivity contribution in [1.29, 1.82) is 0 Å². The topological polar surface area (TPSA) is 41.6 Å². The van der Waals surface area contributed by atoms with Crippen LogP contribution in [0.2, 0.25) is 0 Å². The molecule has 1 amide bonds. The van der Waals surface area contributed by atoms with Gasteiger partial charge in [0.25, 0.3) is 0 Å². The maximum atomic E-state index is 12.3. The van der Waals surface area contributed by atoms with Gasteiger partial charge in [0.1, 0.15) is 0 Å². The number of nitrogens with one attached hydrogen (secondary N) is 1. The smallest absolute Gasteiger partial charge is 0.224 e. The van der Waals surface area contributed by atoms with Crippen LogP contribution in [-0.2, 0) is 9.53 Å². The molecular formula is C17H30N2O2. The quantitative estimate of drug-likeness (QED) is 0.602. The molecule has 0 radical (unpaired) electrons. The molecule has 1 N–H and O–H groups in total. The standard InChI is InChI=1S/C17H30N2O2/c1-13(2)12-14-15(17(14,3)4)16(20)18-6-5-7-19-8-10-21-11-9-19/h12,14-15H,5-11H2,1-4H3,(H,18,20). The Morgan fingerprint density at radius 2 is 2.00 bits per heavy atom. The monoisotopic (exact) mass is 294 g/mol. The Morgan fingerprint density at radius 3 is 2.62 bits per heavy atom. The minimum absolute atomic E-state index is 0.117. The summed E-state index contributed by atoms with van der Waals surface area (Å²) in [6, 6.07) is 0. The van der Waals surface area contributed by atoms with E-state index in [1.165, 1.54) is 5.57 Å². The average Bonchev–Trinajstić information content (AvgIpc) is 2.96. The number of rotatable bonds is 6. The van der Waals surface area contributed by atoms with Crippen molar-refractivity contribution in [1.82, 2.24) is 10.2 Å². The summed E-state index contributed by atoms with van der Waals surface area (Å²) >= 11 is 0. The molecule has 0 bridgehead atoms. The van der Waals surface area contributed by atoms with Crippen molar-refractivity contribution in [2.45, 2.75) is 34.1 Å². The maximum Gasteiger partial charge on any atom is 0.224 e. The fourth-order valence-electron chi connectivity index (χ4n) is 3.30. The molecule has 2 fully saturated rings. The van der Waals surface area contributed by atoms with E-state index in [4.69, 9.17) is 4.74 Å². The molecule has 0 aromatic rings. The fraction of sp³-hybridized carbons (Fsp3) is 0.824. The molecular weight excluding hydrogens is 264 g/mol. The molecule has 2 aliphatic rings. The van der Waals surface area contributed by atoms with Crippen LogP contribution in [-0.4, -0.2) is 50.2 Å². The second-order valence-corrected chi connectivity index (χ2v) is 7.17. The lowest BCUT2D eigenvalue weighted by atomic mass is 10.1. The predicted molar refractivity (Wildman–Crippen MR) is 85.1 cm³/mol. The summed E-state index contributed by atoms with van der Waals surface area (Å²) in [6.45, 7) is 14.1. The number of carbonyl (C=O) groups is 1. The zero-order valence-corrected chi connectivity index (χ0v) is 13.9. The van der Waals surface area contributed by atoms with E-state index in [2.05, 4.69) is 44.0 Å². The first-order valence-corrected chi connectivity index (χ1v) is 8.16. The predicted octanol–water partition coefficient (Wildman–Crippen LogP) is 2.06. The highest BCUT2D eigenvalue weighted by atomic mass is 16.5. The number of amides is 1. The van der Waals surface area contributed by atoms with Crippen LogP contribution >= 0.6 is 0 Å². The normalized spacial score (nSPS) is 28.0. The molecule has 1 saturated carbocycles. The van der Waals surface area contributed by atoms with Gasteiger partial charge in [-0.15, -0.1) is 0 Å². The first-order chi connectivity index (χ1) is 9.93. The molecule has 1 aliphatic carbocycles. The Hall–Kier alpha value is -0.870. The van der Waals surface area contributed by atoms with E-state index < -0.39 is 0 Å². The van der Waals surface area contributed by atoms with Gasteiger partial charge in [0.2, 0.25) is 5.91 Å². The molecule has 21 heavy (non-hydrogen) atoms. The molecule has 2 unspecified atom stereocenters. The van der Waals surface area contributed by atoms with Crippen LogP contribution in [0.5, 0.6) is 0 Å². The fourth-order valence-corrected chi connectivity index (χ4v) is 3.30. The minimum Gasteiger partial charge on any atom is -0.379 e. The van der Waals surface area contributed by atoms with Gasteiger partial charge in [0.15, 0.2) is 0 Å². The van der Waals surface area contributed by atoms with Gasteiger partial charge in [-0.2, -0.15) is 0 Å². The van der Waals surface area contributed by atoms with Crippen molar-refractivity contribution in [3.63, 3.8) is 0 Å². The third kappa shape index (κ3) is 4.30. The van der Waals surface area contributed by atoms with Gasteiger partial charge in [-0.1, -0.05) is 25.5 Å². The SMILES string of the molecule is CC(C)=CC1C(C(=O)NCCCN2CCOCC2)C1(C)C. The Morgan fingerprint density at radius 1 is 1.33 bits per heavy atom. The summed E-state index contributed by atoms with van der Waals surface area (Å²) < 4.78 is 5.33. The summed E-state index contributed by atoms with van der Waals surface area (Å²) in [5, 5.41) is 3.12. The van der Waals surface area contributed by atoms with E-state index >= 15 is 0 Å². The Bertz CT molecular complexity index is 394. The zero-order valence-electron chi connectivity index (χ0n) is 13.9. The molecule has 4 nitrogen and oxygen atoms in total. The third-order valence-corrected chi connectivity index (χ3v) is 4.76. The van der Waals surface area contributed by atoms with Crippen molar-refractivity contribution < 1.29 is 9.53 Å². The Balaban J connectivity index is 1.67. The average molecular weight is 294 g/mol. The number of ether oxygens (including phenoxy) is 1. The molecule has 1 aliphatic heterocycles. The van der Waals surface area contributed by atoms with Crippen LogP contribution in [0.3, 0.4) is 0 Å². The Labute approximate surface area is 128 Å². The molecule has 1 heterocycles. The molecule has 4 heteroatoms. The Kier molecular flexibility index (Phi) is 5.44. The van der Waals surface area contributed by atoms with E-state index in [1.807, 2.05) is 0 Å². The first-order valence-electron chi connectivity index (χ1n) is 8.16. The van der Waals surface area contributed by atoms with Crippen molar-refractivity contribution in [2.75, 3.05) is 39.4 Å². The lowest BCUT2D eigenvalue weighted by Gasteiger charge is -2.26. The largest absolute Gasteiger partial charge is 0.379 e.